The molecule has 0 atom stereocenters. The van der Waals surface area contributed by atoms with Crippen LogP contribution in [0.5, 0.6) is 0 Å². The minimum Gasteiger partial charge on any atom is -0.301 e. The van der Waals surface area contributed by atoms with E-state index in [1.165, 1.54) is 0 Å². The van der Waals surface area contributed by atoms with Crippen LogP contribution in [0.15, 0.2) is 0 Å². The second-order valence-electron chi connectivity index (χ2n) is 1.82. The zero-order valence-corrected chi connectivity index (χ0v) is 11.1. The Labute approximate surface area is 96.7 Å². The van der Waals surface area contributed by atoms with Crippen molar-refractivity contribution in [3.8, 4) is 0 Å². The molecule has 0 saturated heterocycles. The van der Waals surface area contributed by atoms with Gasteiger partial charge in [0.25, 0.3) is 0 Å². The first-order chi connectivity index (χ1) is 5.83. The highest BCUT2D eigenvalue weighted by molar-refractivity contribution is 8.57. The molecule has 0 saturated carbocycles. The fourth-order valence-corrected chi connectivity index (χ4v) is 5.59. The van der Waals surface area contributed by atoms with Crippen molar-refractivity contribution in [2.24, 2.45) is 0 Å². The molecule has 0 aliphatic rings. The van der Waals surface area contributed by atoms with Gasteiger partial charge < -0.3 is 9.05 Å². The lowest BCUT2D eigenvalue weighted by atomic mass is 10.9. The van der Waals surface area contributed by atoms with Gasteiger partial charge in [0.1, 0.15) is 0 Å². The maximum atomic E-state index is 11.7. The van der Waals surface area contributed by atoms with E-state index in [9.17, 15) is 4.57 Å². The Morgan fingerprint density at radius 3 is 1.85 bits per heavy atom. The van der Waals surface area contributed by atoms with Gasteiger partial charge in [-0.1, -0.05) is 34.8 Å². The van der Waals surface area contributed by atoms with E-state index >= 15 is 0 Å². The predicted octanol–water partition coefficient (Wildman–Crippen LogP) is 4.23. The Morgan fingerprint density at radius 1 is 1.23 bits per heavy atom. The van der Waals surface area contributed by atoms with Crippen molar-refractivity contribution in [3.63, 3.8) is 0 Å². The summed E-state index contributed by atoms with van der Waals surface area (Å²) in [7, 11) is 0. The molecule has 13 heavy (non-hydrogen) atoms. The van der Waals surface area contributed by atoms with Crippen molar-refractivity contribution in [1.29, 1.82) is 0 Å². The Kier molecular flexibility index (Phi) is 6.70. The highest BCUT2D eigenvalue weighted by Crippen LogP contribution is 2.68. The summed E-state index contributed by atoms with van der Waals surface area (Å²) in [5.41, 5.74) is 0. The molecule has 3 nitrogen and oxygen atoms in total. The summed E-state index contributed by atoms with van der Waals surface area (Å²) in [4.78, 5) is 0. The summed E-state index contributed by atoms with van der Waals surface area (Å²) in [6.07, 6.45) is 0. The largest absolute Gasteiger partial charge is 0.393 e. The second kappa shape index (κ2) is 6.06. The lowest BCUT2D eigenvalue weighted by Crippen LogP contribution is -1.99. The molecule has 0 aromatic rings. The molecule has 0 rings (SSSR count). The van der Waals surface area contributed by atoms with Gasteiger partial charge in [-0.15, -0.1) is 0 Å². The molecule has 0 aromatic heterocycles. The van der Waals surface area contributed by atoms with Crippen LogP contribution < -0.4 is 0 Å². The van der Waals surface area contributed by atoms with E-state index in [-0.39, 0.29) is 13.2 Å². The first-order valence-electron chi connectivity index (χ1n) is 3.49. The second-order valence-corrected chi connectivity index (χ2v) is 8.87. The molecule has 80 valence electrons. The van der Waals surface area contributed by atoms with E-state index in [0.717, 1.165) is 0 Å². The van der Waals surface area contributed by atoms with E-state index in [2.05, 4.69) is 0 Å². The van der Waals surface area contributed by atoms with Crippen molar-refractivity contribution in [2.75, 3.05) is 13.2 Å². The summed E-state index contributed by atoms with van der Waals surface area (Å²) in [6, 6.07) is 0. The van der Waals surface area contributed by atoms with Crippen LogP contribution in [0.4, 0.5) is 0 Å². The van der Waals surface area contributed by atoms with Crippen LogP contribution in [0, 0.1) is 0 Å². The first-order valence-corrected chi connectivity index (χ1v) is 7.59. The molecule has 0 aliphatic carbocycles. The molecule has 0 unspecified atom stereocenters. The van der Waals surface area contributed by atoms with E-state index < -0.39 is 9.92 Å². The van der Waals surface area contributed by atoms with Gasteiger partial charge in [0.2, 0.25) is 3.12 Å². The summed E-state index contributed by atoms with van der Waals surface area (Å²) in [5.74, 6) is 0. The van der Waals surface area contributed by atoms with E-state index in [1.807, 2.05) is 0 Å². The van der Waals surface area contributed by atoms with Crippen molar-refractivity contribution >= 4 is 53.0 Å². The molecule has 0 spiro atoms. The average Bonchev–Trinajstić information content (AvgIpc) is 1.82. The first kappa shape index (κ1) is 14.4. The Hall–Kier alpha value is 1.37. The number of alkyl halides is 3. The fraction of sp³-hybridized carbons (Fsp3) is 1.00. The number of hydrogen-bond donors (Lipinski definition) is 0. The highest BCUT2D eigenvalue weighted by Gasteiger charge is 2.36. The lowest BCUT2D eigenvalue weighted by Gasteiger charge is -2.19. The van der Waals surface area contributed by atoms with Crippen molar-refractivity contribution in [3.05, 3.63) is 0 Å². The minimum atomic E-state index is -3.32. The van der Waals surface area contributed by atoms with E-state index in [4.69, 9.17) is 43.9 Å². The molecule has 0 aromatic carbocycles. The van der Waals surface area contributed by atoms with E-state index in [1.54, 1.807) is 13.8 Å². The van der Waals surface area contributed by atoms with Crippen LogP contribution in [0.1, 0.15) is 13.8 Å². The van der Waals surface area contributed by atoms with Gasteiger partial charge in [0.15, 0.2) is 0 Å². The Bertz CT molecular complexity index is 186. The molecule has 0 heterocycles. The van der Waals surface area contributed by atoms with Gasteiger partial charge in [-0.05, 0) is 13.8 Å². The van der Waals surface area contributed by atoms with Gasteiger partial charge in [-0.3, -0.25) is 0 Å². The zero-order chi connectivity index (χ0) is 10.5. The minimum absolute atomic E-state index is 0.241. The monoisotopic (exact) mass is 286 g/mol. The molecule has 0 fully saturated rings. The summed E-state index contributed by atoms with van der Waals surface area (Å²) >= 11 is 16.9. The Morgan fingerprint density at radius 2 is 1.62 bits per heavy atom. The van der Waals surface area contributed by atoms with Crippen molar-refractivity contribution in [2.45, 2.75) is 17.0 Å². The third-order valence-corrected chi connectivity index (χ3v) is 6.16. The molecule has 8 heteroatoms. The quantitative estimate of drug-likeness (QED) is 0.560. The third-order valence-electron chi connectivity index (χ3n) is 0.790. The molecule has 0 radical (unpaired) electrons. The van der Waals surface area contributed by atoms with Gasteiger partial charge in [-0.2, -0.15) is 0 Å². The summed E-state index contributed by atoms with van der Waals surface area (Å²) in [6.45, 7) is 0.532. The smallest absolute Gasteiger partial charge is 0.301 e. The number of halogens is 3. The fourth-order valence-electron chi connectivity index (χ4n) is 0.533. The van der Waals surface area contributed by atoms with Crippen LogP contribution in [-0.2, 0) is 13.6 Å². The van der Waals surface area contributed by atoms with Crippen LogP contribution in [0.2, 0.25) is 0 Å². The van der Waals surface area contributed by atoms with Crippen molar-refractivity contribution < 1.29 is 13.6 Å². The summed E-state index contributed by atoms with van der Waals surface area (Å²) in [5, 5.41) is 0. The Balaban J connectivity index is 4.33. The number of rotatable bonds is 5. The van der Waals surface area contributed by atoms with Crippen LogP contribution in [0.25, 0.3) is 0 Å². The maximum absolute atomic E-state index is 11.7. The van der Waals surface area contributed by atoms with Gasteiger partial charge in [-0.25, -0.2) is 4.57 Å². The normalized spacial score (nSPS) is 13.3. The SMILES string of the molecule is CCOP(=O)(OCC)SC(Cl)(Cl)Cl. The molecule has 0 N–H and O–H groups in total. The van der Waals surface area contributed by atoms with Gasteiger partial charge >= 0.3 is 6.80 Å². The highest BCUT2D eigenvalue weighted by atomic mass is 35.6. The van der Waals surface area contributed by atoms with Crippen LogP contribution in [0.3, 0.4) is 0 Å². The summed E-state index contributed by atoms with van der Waals surface area (Å²) < 4.78 is 19.8. The standard InChI is InChI=1S/C5H10Cl3O3PS/c1-3-10-12(9,11-4-2)13-5(6,7)8/h3-4H2,1-2H3. The molecule has 0 amide bonds. The third kappa shape index (κ3) is 7.32. The molecular formula is C5H10Cl3O3PS. The van der Waals surface area contributed by atoms with Gasteiger partial charge in [0.05, 0.1) is 13.2 Å². The molecule has 0 aliphatic heterocycles. The van der Waals surface area contributed by atoms with E-state index in [0.29, 0.717) is 11.4 Å². The van der Waals surface area contributed by atoms with Crippen LogP contribution >= 0.6 is 53.0 Å². The lowest BCUT2D eigenvalue weighted by molar-refractivity contribution is 0.237. The van der Waals surface area contributed by atoms with Crippen molar-refractivity contribution in [1.82, 2.24) is 0 Å². The number of hydrogen-bond acceptors (Lipinski definition) is 4. The topological polar surface area (TPSA) is 35.5 Å². The predicted molar refractivity (Wildman–Crippen MR) is 58.7 cm³/mol. The zero-order valence-electron chi connectivity index (χ0n) is 7.13. The molecular weight excluding hydrogens is 277 g/mol. The maximum Gasteiger partial charge on any atom is 0.393 e. The van der Waals surface area contributed by atoms with Gasteiger partial charge in [0, 0.05) is 11.4 Å². The average molecular weight is 288 g/mol. The molecule has 0 bridgehead atoms. The van der Waals surface area contributed by atoms with Crippen LogP contribution in [-0.4, -0.2) is 16.3 Å².